The Bertz CT molecular complexity index is 1410. The average Bonchev–Trinajstić information content (AvgIpc) is 3.14. The van der Waals surface area contributed by atoms with Crippen LogP contribution in [0.25, 0.3) is 0 Å². The summed E-state index contributed by atoms with van der Waals surface area (Å²) in [6.07, 6.45) is -3.39. The molecule has 0 aromatic heterocycles. The van der Waals surface area contributed by atoms with Crippen molar-refractivity contribution in [3.8, 4) is 0 Å². The van der Waals surface area contributed by atoms with E-state index in [1.165, 1.54) is 23.9 Å². The number of anilines is 2. The highest BCUT2D eigenvalue weighted by atomic mass is 32.2. The predicted molar refractivity (Wildman–Crippen MR) is 206 cm³/mol. The zero-order valence-electron chi connectivity index (χ0n) is 33.4. The summed E-state index contributed by atoms with van der Waals surface area (Å²) in [5.74, 6) is 0. The van der Waals surface area contributed by atoms with E-state index in [0.717, 1.165) is 67.6 Å². The van der Waals surface area contributed by atoms with Gasteiger partial charge in [-0.3, -0.25) is 4.90 Å². The van der Waals surface area contributed by atoms with Gasteiger partial charge in [-0.2, -0.15) is 13.2 Å². The van der Waals surface area contributed by atoms with Gasteiger partial charge in [0.25, 0.3) is 0 Å². The summed E-state index contributed by atoms with van der Waals surface area (Å²) in [6, 6.07) is 12.0. The van der Waals surface area contributed by atoms with Gasteiger partial charge in [-0.05, 0) is 77.4 Å². The number of fused-ring (bicyclic) bond motifs is 2. The van der Waals surface area contributed by atoms with Crippen LogP contribution in [0.1, 0.15) is 46.1 Å². The van der Waals surface area contributed by atoms with Gasteiger partial charge in [-0.1, -0.05) is 23.9 Å². The standard InChI is InChI=1S/C40H62F3N3O7S/c1-38(2,50-8)16-23-53-39(3,4)37(49-7)29-52-28-32(48-6)27-51-26-31(47-5)25-45-21-19-44(20-22-45)17-11-18-46-33-12-9-10-13-35(33)54-36-15-14-30(24-34(36)46)40(41,42)43/h9-10,12-15,24,31-32,37H,11,16-23,25-29H2,1-8H3. The van der Waals surface area contributed by atoms with Crippen molar-refractivity contribution in [1.82, 2.24) is 9.80 Å². The van der Waals surface area contributed by atoms with Crippen LogP contribution in [0.15, 0.2) is 52.3 Å². The number of hydrogen-bond acceptors (Lipinski definition) is 11. The van der Waals surface area contributed by atoms with Gasteiger partial charge >= 0.3 is 6.18 Å². The Labute approximate surface area is 324 Å². The third kappa shape index (κ3) is 13.3. The van der Waals surface area contributed by atoms with E-state index in [1.54, 1.807) is 34.5 Å². The fourth-order valence-electron chi connectivity index (χ4n) is 6.51. The fraction of sp³-hybridized carbons (Fsp3) is 0.700. The minimum atomic E-state index is -4.39. The number of hydrogen-bond donors (Lipinski definition) is 0. The molecule has 2 aliphatic rings. The van der Waals surface area contributed by atoms with Crippen molar-refractivity contribution in [2.45, 2.75) is 86.0 Å². The summed E-state index contributed by atoms with van der Waals surface area (Å²) >= 11 is 1.52. The van der Waals surface area contributed by atoms with E-state index in [9.17, 15) is 13.2 Å². The first-order valence-electron chi connectivity index (χ1n) is 18.8. The SMILES string of the molecule is COC(COCC(CN1CCN(CCCN2c3ccccc3Sc3ccc(C(F)(F)F)cc32)CC1)OC)COCC(OC)C(C)(C)OCCC(C)(C)OC. The monoisotopic (exact) mass is 785 g/mol. The molecule has 0 amide bonds. The highest BCUT2D eigenvalue weighted by Gasteiger charge is 2.34. The largest absolute Gasteiger partial charge is 0.416 e. The van der Waals surface area contributed by atoms with E-state index in [2.05, 4.69) is 14.7 Å². The van der Waals surface area contributed by atoms with E-state index in [4.69, 9.17) is 33.2 Å². The molecule has 306 valence electrons. The van der Waals surface area contributed by atoms with Crippen LogP contribution in [-0.2, 0) is 39.3 Å². The summed E-state index contributed by atoms with van der Waals surface area (Å²) in [5.41, 5.74) is 0.161. The first-order chi connectivity index (χ1) is 25.7. The minimum absolute atomic E-state index is 0.0902. The molecule has 14 heteroatoms. The first-order valence-corrected chi connectivity index (χ1v) is 19.6. The maximum atomic E-state index is 13.6. The zero-order valence-corrected chi connectivity index (χ0v) is 34.2. The van der Waals surface area contributed by atoms with Crippen LogP contribution in [0.5, 0.6) is 0 Å². The second kappa shape index (κ2) is 21.0. The Morgan fingerprint density at radius 2 is 1.35 bits per heavy atom. The Balaban J connectivity index is 1.15. The van der Waals surface area contributed by atoms with Gasteiger partial charge in [0.2, 0.25) is 0 Å². The van der Waals surface area contributed by atoms with Gasteiger partial charge in [0.1, 0.15) is 12.2 Å². The molecule has 10 nitrogen and oxygen atoms in total. The maximum Gasteiger partial charge on any atom is 0.416 e. The summed E-state index contributed by atoms with van der Waals surface area (Å²) < 4.78 is 81.6. The number of halogens is 3. The van der Waals surface area contributed by atoms with Crippen molar-refractivity contribution < 1.29 is 46.3 Å². The molecule has 0 bridgehead atoms. The molecule has 0 aliphatic carbocycles. The van der Waals surface area contributed by atoms with E-state index >= 15 is 0 Å². The summed E-state index contributed by atoms with van der Waals surface area (Å²) in [6.45, 7) is 16.0. The van der Waals surface area contributed by atoms with Crippen LogP contribution < -0.4 is 4.90 Å². The van der Waals surface area contributed by atoms with Gasteiger partial charge in [-0.25, -0.2) is 0 Å². The fourth-order valence-corrected chi connectivity index (χ4v) is 7.58. The highest BCUT2D eigenvalue weighted by Crippen LogP contribution is 2.49. The van der Waals surface area contributed by atoms with Crippen molar-refractivity contribution in [3.05, 3.63) is 48.0 Å². The lowest BCUT2D eigenvalue weighted by molar-refractivity contribution is -0.152. The van der Waals surface area contributed by atoms with Crippen molar-refractivity contribution in [1.29, 1.82) is 0 Å². The number of rotatable bonds is 23. The molecule has 3 atom stereocenters. The zero-order chi connectivity index (χ0) is 39.4. The van der Waals surface area contributed by atoms with E-state index in [1.807, 2.05) is 52.0 Å². The molecule has 3 unspecified atom stereocenters. The van der Waals surface area contributed by atoms with Gasteiger partial charge in [-0.15, -0.1) is 0 Å². The minimum Gasteiger partial charge on any atom is -0.379 e. The molecule has 1 fully saturated rings. The van der Waals surface area contributed by atoms with Crippen LogP contribution in [0.3, 0.4) is 0 Å². The van der Waals surface area contributed by atoms with E-state index < -0.39 is 17.3 Å². The van der Waals surface area contributed by atoms with Crippen LogP contribution in [0.2, 0.25) is 0 Å². The molecule has 0 N–H and O–H groups in total. The van der Waals surface area contributed by atoms with Crippen LogP contribution in [0, 0.1) is 0 Å². The molecule has 0 spiro atoms. The third-order valence-electron chi connectivity index (χ3n) is 10.4. The number of para-hydroxylation sites is 1. The first kappa shape index (κ1) is 44.7. The smallest absolute Gasteiger partial charge is 0.379 e. The van der Waals surface area contributed by atoms with Crippen LogP contribution >= 0.6 is 11.8 Å². The molecule has 1 saturated heterocycles. The van der Waals surface area contributed by atoms with E-state index in [-0.39, 0.29) is 23.9 Å². The van der Waals surface area contributed by atoms with Crippen LogP contribution in [-0.4, -0.2) is 147 Å². The van der Waals surface area contributed by atoms with Gasteiger partial charge < -0.3 is 43.0 Å². The van der Waals surface area contributed by atoms with Crippen LogP contribution in [0.4, 0.5) is 24.5 Å². The summed E-state index contributed by atoms with van der Waals surface area (Å²) in [4.78, 5) is 8.77. The van der Waals surface area contributed by atoms with Gasteiger partial charge in [0.15, 0.2) is 0 Å². The van der Waals surface area contributed by atoms with Gasteiger partial charge in [0, 0.05) is 77.5 Å². The molecular weight excluding hydrogens is 724 g/mol. The number of ether oxygens (including phenoxy) is 7. The number of piperazine rings is 1. The highest BCUT2D eigenvalue weighted by molar-refractivity contribution is 7.99. The lowest BCUT2D eigenvalue weighted by Crippen LogP contribution is -2.49. The predicted octanol–water partition coefficient (Wildman–Crippen LogP) is 7.00. The van der Waals surface area contributed by atoms with Crippen molar-refractivity contribution in [3.63, 3.8) is 0 Å². The van der Waals surface area contributed by atoms with Crippen molar-refractivity contribution in [2.75, 3.05) is 112 Å². The summed E-state index contributed by atoms with van der Waals surface area (Å²) in [5, 5.41) is 0. The lowest BCUT2D eigenvalue weighted by atomic mass is 10.0. The number of alkyl halides is 3. The van der Waals surface area contributed by atoms with Crippen molar-refractivity contribution >= 4 is 23.1 Å². The molecular formula is C40H62F3N3O7S. The Kier molecular flexibility index (Phi) is 17.4. The summed E-state index contributed by atoms with van der Waals surface area (Å²) in [7, 11) is 6.72. The second-order valence-corrected chi connectivity index (χ2v) is 16.2. The Hall–Kier alpha value is -1.98. The topological polar surface area (TPSA) is 74.3 Å². The Morgan fingerprint density at radius 1 is 0.722 bits per heavy atom. The molecule has 2 aromatic rings. The molecule has 4 rings (SSSR count). The second-order valence-electron chi connectivity index (χ2n) is 15.1. The van der Waals surface area contributed by atoms with Crippen molar-refractivity contribution in [2.24, 2.45) is 0 Å². The molecule has 2 aliphatic heterocycles. The molecule has 0 saturated carbocycles. The number of methoxy groups -OCH3 is 4. The quantitative estimate of drug-likeness (QED) is 0.117. The third-order valence-corrected chi connectivity index (χ3v) is 11.5. The number of benzene rings is 2. The molecule has 2 heterocycles. The molecule has 54 heavy (non-hydrogen) atoms. The molecule has 2 aromatic carbocycles. The lowest BCUT2D eigenvalue weighted by Gasteiger charge is -2.37. The van der Waals surface area contributed by atoms with Gasteiger partial charge in [0.05, 0.1) is 67.3 Å². The molecule has 0 radical (unpaired) electrons. The number of nitrogens with zero attached hydrogens (tertiary/aromatic N) is 3. The van der Waals surface area contributed by atoms with E-state index in [0.29, 0.717) is 45.3 Å². The maximum absolute atomic E-state index is 13.6. The Morgan fingerprint density at radius 3 is 2.00 bits per heavy atom. The normalized spacial score (nSPS) is 17.6. The average molecular weight is 786 g/mol.